The van der Waals surface area contributed by atoms with E-state index in [1.165, 1.54) is 6.21 Å². The van der Waals surface area contributed by atoms with E-state index in [2.05, 4.69) is 62.2 Å². The first-order valence-electron chi connectivity index (χ1n) is 11.4. The van der Waals surface area contributed by atoms with E-state index in [-0.39, 0.29) is 5.92 Å². The van der Waals surface area contributed by atoms with Crippen LogP contribution in [0.15, 0.2) is 79.4 Å². The van der Waals surface area contributed by atoms with Gasteiger partial charge in [-0.1, -0.05) is 19.1 Å². The van der Waals surface area contributed by atoms with Crippen LogP contribution in [-0.4, -0.2) is 32.3 Å². The summed E-state index contributed by atoms with van der Waals surface area (Å²) in [5, 5.41) is 13.0. The van der Waals surface area contributed by atoms with Gasteiger partial charge in [0.15, 0.2) is 0 Å². The molecule has 0 aliphatic heterocycles. The first-order valence-corrected chi connectivity index (χ1v) is 11.4. The number of nitrogens with zero attached hydrogens (tertiary/aromatic N) is 4. The average molecular weight is 451 g/mol. The van der Waals surface area contributed by atoms with Crippen molar-refractivity contribution in [1.82, 2.24) is 19.5 Å². The van der Waals surface area contributed by atoms with E-state index in [4.69, 9.17) is 10.1 Å². The second-order valence-corrected chi connectivity index (χ2v) is 8.18. The van der Waals surface area contributed by atoms with Gasteiger partial charge in [0.1, 0.15) is 17.9 Å². The maximum atomic E-state index is 7.56. The molecule has 0 amide bonds. The number of fused-ring (bicyclic) bond motifs is 2. The maximum absolute atomic E-state index is 7.56. The SMILES string of the molecule is CC[C@H](C=N)COc1cccc2ncnc(Nc3ccc4c(ccn4Cc4ccccn4)c3)c12. The van der Waals surface area contributed by atoms with Gasteiger partial charge in [-0.3, -0.25) is 4.98 Å². The number of rotatable bonds is 9. The molecule has 0 saturated carbocycles. The molecule has 7 nitrogen and oxygen atoms in total. The van der Waals surface area contributed by atoms with Gasteiger partial charge in [-0.25, -0.2) is 9.97 Å². The van der Waals surface area contributed by atoms with E-state index in [1.54, 1.807) is 6.33 Å². The van der Waals surface area contributed by atoms with Crippen LogP contribution in [0.1, 0.15) is 19.0 Å². The van der Waals surface area contributed by atoms with Crippen molar-refractivity contribution in [1.29, 1.82) is 5.41 Å². The highest BCUT2D eigenvalue weighted by Crippen LogP contribution is 2.32. The van der Waals surface area contributed by atoms with Gasteiger partial charge in [0.25, 0.3) is 0 Å². The van der Waals surface area contributed by atoms with Gasteiger partial charge in [0.2, 0.25) is 0 Å². The molecule has 2 N–H and O–H groups in total. The fourth-order valence-electron chi connectivity index (χ4n) is 3.99. The Hall–Kier alpha value is -4.26. The van der Waals surface area contributed by atoms with Crippen molar-refractivity contribution < 1.29 is 4.74 Å². The Bertz CT molecular complexity index is 1420. The number of ether oxygens (including phenoxy) is 1. The fourth-order valence-corrected chi connectivity index (χ4v) is 3.99. The molecule has 0 aliphatic carbocycles. The van der Waals surface area contributed by atoms with Crippen LogP contribution in [0, 0.1) is 11.3 Å². The first kappa shape index (κ1) is 21.6. The van der Waals surface area contributed by atoms with Crippen LogP contribution in [0.2, 0.25) is 0 Å². The van der Waals surface area contributed by atoms with Crippen molar-refractivity contribution in [3.05, 3.63) is 85.1 Å². The summed E-state index contributed by atoms with van der Waals surface area (Å²) in [5.74, 6) is 1.48. The zero-order valence-electron chi connectivity index (χ0n) is 19.0. The van der Waals surface area contributed by atoms with E-state index < -0.39 is 0 Å². The number of hydrogen-bond donors (Lipinski definition) is 2. The number of hydrogen-bond acceptors (Lipinski definition) is 6. The highest BCUT2D eigenvalue weighted by molar-refractivity contribution is 5.96. The van der Waals surface area contributed by atoms with Gasteiger partial charge < -0.3 is 20.0 Å². The van der Waals surface area contributed by atoms with Crippen LogP contribution < -0.4 is 10.1 Å². The Kier molecular flexibility index (Phi) is 6.16. The maximum Gasteiger partial charge on any atom is 0.145 e. The molecule has 7 heteroatoms. The minimum absolute atomic E-state index is 0.0776. The van der Waals surface area contributed by atoms with Gasteiger partial charge in [0, 0.05) is 41.1 Å². The van der Waals surface area contributed by atoms with Gasteiger partial charge in [-0.05, 0) is 55.0 Å². The van der Waals surface area contributed by atoms with Crippen LogP contribution in [-0.2, 0) is 6.54 Å². The number of nitrogens with one attached hydrogen (secondary N) is 2. The zero-order valence-corrected chi connectivity index (χ0v) is 19.0. The second kappa shape index (κ2) is 9.70. The summed E-state index contributed by atoms with van der Waals surface area (Å²) < 4.78 is 8.29. The highest BCUT2D eigenvalue weighted by atomic mass is 16.5. The van der Waals surface area contributed by atoms with E-state index in [0.29, 0.717) is 18.2 Å². The van der Waals surface area contributed by atoms with Gasteiger partial charge >= 0.3 is 0 Å². The number of anilines is 2. The third-order valence-electron chi connectivity index (χ3n) is 5.93. The minimum atomic E-state index is 0.0776. The molecule has 3 heterocycles. The summed E-state index contributed by atoms with van der Waals surface area (Å²) in [6, 6.07) is 20.2. The third kappa shape index (κ3) is 4.45. The van der Waals surface area contributed by atoms with Crippen molar-refractivity contribution in [3.8, 4) is 5.75 Å². The minimum Gasteiger partial charge on any atom is -0.492 e. The summed E-state index contributed by atoms with van der Waals surface area (Å²) in [4.78, 5) is 13.4. The molecule has 5 rings (SSSR count). The smallest absolute Gasteiger partial charge is 0.145 e. The molecule has 0 saturated heterocycles. The van der Waals surface area contributed by atoms with Crippen molar-refractivity contribution in [2.24, 2.45) is 5.92 Å². The van der Waals surface area contributed by atoms with Crippen molar-refractivity contribution in [2.75, 3.05) is 11.9 Å². The topological polar surface area (TPSA) is 88.7 Å². The van der Waals surface area contributed by atoms with Crippen LogP contribution in [0.4, 0.5) is 11.5 Å². The van der Waals surface area contributed by atoms with Gasteiger partial charge in [-0.15, -0.1) is 0 Å². The van der Waals surface area contributed by atoms with Crippen molar-refractivity contribution >= 4 is 39.5 Å². The summed E-state index contributed by atoms with van der Waals surface area (Å²) >= 11 is 0. The zero-order chi connectivity index (χ0) is 23.3. The summed E-state index contributed by atoms with van der Waals surface area (Å²) in [6.45, 7) is 3.23. The lowest BCUT2D eigenvalue weighted by atomic mass is 10.1. The molecule has 0 fully saturated rings. The Morgan fingerprint density at radius 1 is 1.06 bits per heavy atom. The second-order valence-electron chi connectivity index (χ2n) is 8.18. The highest BCUT2D eigenvalue weighted by Gasteiger charge is 2.13. The fraction of sp³-hybridized carbons (Fsp3) is 0.185. The van der Waals surface area contributed by atoms with Gasteiger partial charge in [0.05, 0.1) is 29.7 Å². The Morgan fingerprint density at radius 2 is 2.00 bits per heavy atom. The lowest BCUT2D eigenvalue weighted by molar-refractivity contribution is 0.286. The van der Waals surface area contributed by atoms with Crippen molar-refractivity contribution in [3.63, 3.8) is 0 Å². The predicted octanol–water partition coefficient (Wildman–Crippen LogP) is 5.83. The molecular formula is C27H26N6O. The quantitative estimate of drug-likeness (QED) is 0.276. The lowest BCUT2D eigenvalue weighted by Crippen LogP contribution is -2.12. The third-order valence-corrected chi connectivity index (χ3v) is 5.93. The van der Waals surface area contributed by atoms with E-state index in [0.717, 1.165) is 46.2 Å². The van der Waals surface area contributed by atoms with E-state index in [1.807, 2.05) is 42.6 Å². The molecule has 170 valence electrons. The molecule has 3 aromatic heterocycles. The molecule has 0 aliphatic rings. The molecule has 34 heavy (non-hydrogen) atoms. The molecule has 2 aromatic carbocycles. The normalized spacial score (nSPS) is 12.0. The number of aromatic nitrogens is 4. The van der Waals surface area contributed by atoms with Crippen LogP contribution in [0.25, 0.3) is 21.8 Å². The Labute approximate surface area is 198 Å². The first-order chi connectivity index (χ1) is 16.7. The lowest BCUT2D eigenvalue weighted by Gasteiger charge is -2.15. The molecule has 0 radical (unpaired) electrons. The standard InChI is InChI=1S/C27H26N6O/c1-2-19(15-28)17-34-25-8-5-7-23-26(25)27(31-18-30-23)32-21-9-10-24-20(14-21)11-13-33(24)16-22-6-3-4-12-29-22/h3-15,18-19,28H,2,16-17H2,1H3,(H,30,31,32)/t19-/m1/s1. The van der Waals surface area contributed by atoms with Crippen LogP contribution in [0.5, 0.6) is 5.75 Å². The van der Waals surface area contributed by atoms with Crippen molar-refractivity contribution in [2.45, 2.75) is 19.9 Å². The van der Waals surface area contributed by atoms with Gasteiger partial charge in [-0.2, -0.15) is 0 Å². The summed E-state index contributed by atoms with van der Waals surface area (Å²) in [6.07, 6.45) is 7.76. The van der Waals surface area contributed by atoms with Crippen LogP contribution >= 0.6 is 0 Å². The predicted molar refractivity (Wildman–Crippen MR) is 136 cm³/mol. The molecule has 0 bridgehead atoms. The summed E-state index contributed by atoms with van der Waals surface area (Å²) in [5.41, 5.74) is 3.91. The molecular weight excluding hydrogens is 424 g/mol. The average Bonchev–Trinajstić information content (AvgIpc) is 3.27. The number of benzene rings is 2. The monoisotopic (exact) mass is 450 g/mol. The largest absolute Gasteiger partial charge is 0.492 e. The molecule has 1 atom stereocenters. The Balaban J connectivity index is 1.43. The summed E-state index contributed by atoms with van der Waals surface area (Å²) in [7, 11) is 0. The molecule has 0 unspecified atom stereocenters. The van der Waals surface area contributed by atoms with E-state index in [9.17, 15) is 0 Å². The molecule has 5 aromatic rings. The van der Waals surface area contributed by atoms with E-state index >= 15 is 0 Å². The Morgan fingerprint density at radius 3 is 2.82 bits per heavy atom. The molecule has 0 spiro atoms. The van der Waals surface area contributed by atoms with Crippen LogP contribution in [0.3, 0.4) is 0 Å². The number of pyridine rings is 1.